The molecular formula is C15H17N3O. The molecule has 0 spiro atoms. The fourth-order valence-electron chi connectivity index (χ4n) is 1.71. The van der Waals surface area contributed by atoms with Crippen LogP contribution in [0.5, 0.6) is 5.75 Å². The zero-order valence-corrected chi connectivity index (χ0v) is 10.9. The fourth-order valence-corrected chi connectivity index (χ4v) is 1.71. The quantitative estimate of drug-likeness (QED) is 0.831. The third-order valence-corrected chi connectivity index (χ3v) is 2.79. The molecule has 0 fully saturated rings. The lowest BCUT2D eigenvalue weighted by Gasteiger charge is -2.08. The molecule has 0 saturated carbocycles. The molecule has 0 radical (unpaired) electrons. The third kappa shape index (κ3) is 3.63. The molecule has 4 nitrogen and oxygen atoms in total. The third-order valence-electron chi connectivity index (χ3n) is 2.79. The molecule has 0 heterocycles. The van der Waals surface area contributed by atoms with Crippen LogP contribution in [0, 0.1) is 0 Å². The first kappa shape index (κ1) is 13.2. The van der Waals surface area contributed by atoms with Crippen molar-refractivity contribution in [2.45, 2.75) is 6.04 Å². The molecule has 2 aromatic rings. The van der Waals surface area contributed by atoms with Crippen molar-refractivity contribution in [1.29, 1.82) is 0 Å². The lowest BCUT2D eigenvalue weighted by molar-refractivity contribution is 0.415. The van der Waals surface area contributed by atoms with Gasteiger partial charge in [0.1, 0.15) is 11.8 Å². The predicted octanol–water partition coefficient (Wildman–Crippen LogP) is 3.48. The van der Waals surface area contributed by atoms with Gasteiger partial charge < -0.3 is 10.5 Å². The highest BCUT2D eigenvalue weighted by atomic mass is 16.5. The Hall–Kier alpha value is -2.20. The number of ether oxygens (including phenoxy) is 1. The van der Waals surface area contributed by atoms with E-state index in [2.05, 4.69) is 10.2 Å². The number of methoxy groups -OCH3 is 1. The second kappa shape index (κ2) is 6.66. The van der Waals surface area contributed by atoms with Crippen LogP contribution in [0.2, 0.25) is 0 Å². The van der Waals surface area contributed by atoms with Crippen molar-refractivity contribution in [3.05, 3.63) is 60.2 Å². The summed E-state index contributed by atoms with van der Waals surface area (Å²) < 4.78 is 5.09. The number of benzene rings is 2. The summed E-state index contributed by atoms with van der Waals surface area (Å²) in [6.07, 6.45) is 0. The van der Waals surface area contributed by atoms with E-state index in [-0.39, 0.29) is 6.04 Å². The van der Waals surface area contributed by atoms with Crippen LogP contribution in [0.25, 0.3) is 0 Å². The summed E-state index contributed by atoms with van der Waals surface area (Å²) in [4.78, 5) is 0. The highest BCUT2D eigenvalue weighted by Gasteiger charge is 2.06. The molecule has 0 aliphatic carbocycles. The topological polar surface area (TPSA) is 60.0 Å². The Labute approximate surface area is 112 Å². The van der Waals surface area contributed by atoms with Gasteiger partial charge in [0.25, 0.3) is 0 Å². The Morgan fingerprint density at radius 3 is 2.32 bits per heavy atom. The second-order valence-electron chi connectivity index (χ2n) is 4.08. The van der Waals surface area contributed by atoms with Crippen LogP contribution in [0.1, 0.15) is 11.6 Å². The van der Waals surface area contributed by atoms with Gasteiger partial charge in [-0.15, -0.1) is 0 Å². The molecular weight excluding hydrogens is 238 g/mol. The molecule has 1 unspecified atom stereocenters. The molecule has 0 aliphatic rings. The summed E-state index contributed by atoms with van der Waals surface area (Å²) in [5.74, 6) is 0.803. The van der Waals surface area contributed by atoms with Crippen LogP contribution >= 0.6 is 0 Å². The van der Waals surface area contributed by atoms with Crippen LogP contribution in [0.4, 0.5) is 5.69 Å². The van der Waals surface area contributed by atoms with Gasteiger partial charge in [0.15, 0.2) is 0 Å². The predicted molar refractivity (Wildman–Crippen MR) is 75.7 cm³/mol. The van der Waals surface area contributed by atoms with E-state index in [0.717, 1.165) is 17.0 Å². The average molecular weight is 255 g/mol. The van der Waals surface area contributed by atoms with Crippen LogP contribution in [-0.4, -0.2) is 13.7 Å². The molecule has 4 heteroatoms. The Bertz CT molecular complexity index is 523. The maximum absolute atomic E-state index is 5.74. The van der Waals surface area contributed by atoms with Crippen molar-refractivity contribution < 1.29 is 4.74 Å². The zero-order valence-electron chi connectivity index (χ0n) is 10.9. The summed E-state index contributed by atoms with van der Waals surface area (Å²) in [6, 6.07) is 17.3. The number of rotatable bonds is 5. The van der Waals surface area contributed by atoms with Crippen LogP contribution in [0.3, 0.4) is 0 Å². The first-order chi connectivity index (χ1) is 9.33. The molecule has 2 aromatic carbocycles. The van der Waals surface area contributed by atoms with Gasteiger partial charge in [0.05, 0.1) is 12.8 Å². The van der Waals surface area contributed by atoms with Gasteiger partial charge >= 0.3 is 0 Å². The maximum atomic E-state index is 5.74. The Kier molecular flexibility index (Phi) is 4.64. The van der Waals surface area contributed by atoms with Crippen molar-refractivity contribution in [1.82, 2.24) is 0 Å². The van der Waals surface area contributed by atoms with Gasteiger partial charge in [0.2, 0.25) is 0 Å². The van der Waals surface area contributed by atoms with Gasteiger partial charge in [-0.05, 0) is 29.8 Å². The number of nitrogens with zero attached hydrogens (tertiary/aromatic N) is 2. The van der Waals surface area contributed by atoms with Crippen LogP contribution < -0.4 is 10.5 Å². The minimum absolute atomic E-state index is 0.108. The van der Waals surface area contributed by atoms with E-state index in [9.17, 15) is 0 Å². The number of nitrogens with two attached hydrogens (primary N) is 1. The smallest absolute Gasteiger partial charge is 0.119 e. The number of azo groups is 1. The van der Waals surface area contributed by atoms with E-state index in [1.165, 1.54) is 0 Å². The largest absolute Gasteiger partial charge is 0.497 e. The molecule has 2 rings (SSSR count). The summed E-state index contributed by atoms with van der Waals surface area (Å²) >= 11 is 0. The van der Waals surface area contributed by atoms with Gasteiger partial charge in [-0.2, -0.15) is 10.2 Å². The molecule has 0 amide bonds. The molecule has 98 valence electrons. The maximum Gasteiger partial charge on any atom is 0.119 e. The minimum Gasteiger partial charge on any atom is -0.497 e. The number of hydrogen-bond donors (Lipinski definition) is 1. The van der Waals surface area contributed by atoms with E-state index in [1.807, 2.05) is 54.6 Å². The Morgan fingerprint density at radius 2 is 1.74 bits per heavy atom. The molecule has 0 bridgehead atoms. The van der Waals surface area contributed by atoms with E-state index in [1.54, 1.807) is 7.11 Å². The average Bonchev–Trinajstić information content (AvgIpc) is 2.49. The highest BCUT2D eigenvalue weighted by molar-refractivity contribution is 5.40. The first-order valence-corrected chi connectivity index (χ1v) is 6.13. The normalized spacial score (nSPS) is 12.5. The summed E-state index contributed by atoms with van der Waals surface area (Å²) in [5.41, 5.74) is 7.60. The standard InChI is InChI=1S/C15H17N3O/c1-19-14-9-7-13(8-10-14)17-18-15(11-16)12-5-3-2-4-6-12/h2-10,15H,11,16H2,1H3. The molecule has 2 N–H and O–H groups in total. The first-order valence-electron chi connectivity index (χ1n) is 6.13. The lowest BCUT2D eigenvalue weighted by atomic mass is 10.1. The fraction of sp³-hybridized carbons (Fsp3) is 0.200. The molecule has 19 heavy (non-hydrogen) atoms. The lowest BCUT2D eigenvalue weighted by Crippen LogP contribution is -2.09. The van der Waals surface area contributed by atoms with Gasteiger partial charge in [0, 0.05) is 6.54 Å². The van der Waals surface area contributed by atoms with E-state index in [4.69, 9.17) is 10.5 Å². The molecule has 0 aliphatic heterocycles. The summed E-state index contributed by atoms with van der Waals surface area (Å²) in [5, 5.41) is 8.52. The van der Waals surface area contributed by atoms with Gasteiger partial charge in [-0.3, -0.25) is 0 Å². The summed E-state index contributed by atoms with van der Waals surface area (Å²) in [7, 11) is 1.64. The minimum atomic E-state index is -0.108. The van der Waals surface area contributed by atoms with E-state index in [0.29, 0.717) is 6.54 Å². The van der Waals surface area contributed by atoms with E-state index >= 15 is 0 Å². The van der Waals surface area contributed by atoms with Crippen molar-refractivity contribution in [2.75, 3.05) is 13.7 Å². The zero-order chi connectivity index (χ0) is 13.5. The Morgan fingerprint density at radius 1 is 1.05 bits per heavy atom. The molecule has 0 aromatic heterocycles. The highest BCUT2D eigenvalue weighted by Crippen LogP contribution is 2.21. The molecule has 0 saturated heterocycles. The Balaban J connectivity index is 2.11. The van der Waals surface area contributed by atoms with Crippen LogP contribution in [-0.2, 0) is 0 Å². The van der Waals surface area contributed by atoms with Crippen molar-refractivity contribution in [2.24, 2.45) is 16.0 Å². The SMILES string of the molecule is COc1ccc(N=NC(CN)c2ccccc2)cc1. The monoisotopic (exact) mass is 255 g/mol. The van der Waals surface area contributed by atoms with E-state index < -0.39 is 0 Å². The molecule has 1 atom stereocenters. The summed E-state index contributed by atoms with van der Waals surface area (Å²) in [6.45, 7) is 0.434. The van der Waals surface area contributed by atoms with Crippen LogP contribution in [0.15, 0.2) is 64.8 Å². The second-order valence-corrected chi connectivity index (χ2v) is 4.08. The van der Waals surface area contributed by atoms with Gasteiger partial charge in [-0.25, -0.2) is 0 Å². The number of hydrogen-bond acceptors (Lipinski definition) is 4. The van der Waals surface area contributed by atoms with Crippen molar-refractivity contribution in [3.8, 4) is 5.75 Å². The van der Waals surface area contributed by atoms with Crippen molar-refractivity contribution >= 4 is 5.69 Å². The van der Waals surface area contributed by atoms with Gasteiger partial charge in [-0.1, -0.05) is 30.3 Å². The van der Waals surface area contributed by atoms with Crippen molar-refractivity contribution in [3.63, 3.8) is 0 Å².